The van der Waals surface area contributed by atoms with Crippen molar-refractivity contribution in [2.24, 2.45) is 17.6 Å². The Labute approximate surface area is 357 Å². The fraction of sp³-hybridized carbons (Fsp3) is 0.442. The van der Waals surface area contributed by atoms with Crippen LogP contribution in [-0.4, -0.2) is 95.4 Å². The lowest BCUT2D eigenvalue weighted by molar-refractivity contribution is -0.224. The minimum atomic E-state index is -5.09. The summed E-state index contributed by atoms with van der Waals surface area (Å²) in [7, 11) is 1.87. The van der Waals surface area contributed by atoms with E-state index in [4.69, 9.17) is 5.73 Å². The fourth-order valence-corrected chi connectivity index (χ4v) is 7.61. The van der Waals surface area contributed by atoms with Gasteiger partial charge in [-0.3, -0.25) is 24.3 Å². The Morgan fingerprint density at radius 2 is 1.52 bits per heavy atom. The van der Waals surface area contributed by atoms with Crippen molar-refractivity contribution in [1.29, 1.82) is 0 Å². The molecule has 3 aromatic carbocycles. The number of H-pyrrole nitrogens is 1. The number of halogens is 5. The van der Waals surface area contributed by atoms with Crippen LogP contribution in [0.1, 0.15) is 65.8 Å². The molecular weight excluding hydrogens is 818 g/mol. The number of nitrogens with one attached hydrogen (secondary N) is 5. The molecule has 1 aliphatic carbocycles. The molecule has 7 N–H and O–H groups in total. The van der Waals surface area contributed by atoms with E-state index in [2.05, 4.69) is 31.3 Å². The van der Waals surface area contributed by atoms with Gasteiger partial charge < -0.3 is 31.9 Å². The second-order valence-electron chi connectivity index (χ2n) is 15.9. The zero-order chi connectivity index (χ0) is 43.2. The Morgan fingerprint density at radius 1 is 0.885 bits per heavy atom. The van der Waals surface area contributed by atoms with Crippen LogP contribution in [0.4, 0.5) is 23.2 Å². The van der Waals surface area contributed by atoms with E-state index in [0.717, 1.165) is 75.1 Å². The molecular formula is C43H52ClF4N9O4. The maximum Gasteiger partial charge on any atom is 0.394 e. The van der Waals surface area contributed by atoms with Crippen molar-refractivity contribution in [2.45, 2.75) is 75.8 Å². The number of carbonyl (C=O) groups is 4. The molecule has 61 heavy (non-hydrogen) atoms. The van der Waals surface area contributed by atoms with E-state index in [1.54, 1.807) is 0 Å². The summed E-state index contributed by atoms with van der Waals surface area (Å²) in [6, 6.07) is 18.2. The van der Waals surface area contributed by atoms with Crippen molar-refractivity contribution in [2.75, 3.05) is 39.0 Å². The summed E-state index contributed by atoms with van der Waals surface area (Å²) in [5, 5.41) is 17.7. The van der Waals surface area contributed by atoms with Crippen molar-refractivity contribution in [1.82, 2.24) is 36.0 Å². The van der Waals surface area contributed by atoms with Crippen LogP contribution in [0.15, 0.2) is 66.7 Å². The SMILES string of the molecule is Cc1cc(C(=O)NC2CCNCC2)ccc1-c1ccc(C[C@H](NC(=O)C2CCC(CN)CC2)C(=O)Nc2ccc(-c3n[nH]c(C(F)(F)C(F)(F)C(=O)N(C)C)n3)cc2)cc1.Cl. The van der Waals surface area contributed by atoms with E-state index in [1.165, 1.54) is 24.3 Å². The van der Waals surface area contributed by atoms with Crippen LogP contribution < -0.4 is 27.0 Å². The normalized spacial score (nSPS) is 17.7. The summed E-state index contributed by atoms with van der Waals surface area (Å²) in [5.74, 6) is -14.7. The van der Waals surface area contributed by atoms with E-state index in [1.807, 2.05) is 54.5 Å². The third kappa shape index (κ3) is 10.9. The van der Waals surface area contributed by atoms with Crippen LogP contribution in [0.5, 0.6) is 0 Å². The predicted octanol–water partition coefficient (Wildman–Crippen LogP) is 5.60. The van der Waals surface area contributed by atoms with Gasteiger partial charge in [0.2, 0.25) is 17.6 Å². The molecule has 1 saturated heterocycles. The van der Waals surface area contributed by atoms with E-state index in [0.29, 0.717) is 41.5 Å². The topological polar surface area (TPSA) is 187 Å². The number of aryl methyl sites for hydroxylation is 1. The van der Waals surface area contributed by atoms with Crippen LogP contribution >= 0.6 is 12.4 Å². The number of aromatic amines is 1. The van der Waals surface area contributed by atoms with Gasteiger partial charge in [0.15, 0.2) is 5.82 Å². The minimum absolute atomic E-state index is 0. The van der Waals surface area contributed by atoms with Gasteiger partial charge in [-0.2, -0.15) is 22.7 Å². The van der Waals surface area contributed by atoms with Gasteiger partial charge in [-0.25, -0.2) is 4.98 Å². The molecule has 13 nitrogen and oxygen atoms in total. The summed E-state index contributed by atoms with van der Waals surface area (Å²) < 4.78 is 58.3. The molecule has 0 unspecified atom stereocenters. The van der Waals surface area contributed by atoms with Crippen molar-refractivity contribution in [3.8, 4) is 22.5 Å². The minimum Gasteiger partial charge on any atom is -0.349 e. The number of amides is 4. The predicted molar refractivity (Wildman–Crippen MR) is 225 cm³/mol. The Bertz CT molecular complexity index is 2160. The highest BCUT2D eigenvalue weighted by Gasteiger charge is 2.65. The van der Waals surface area contributed by atoms with Gasteiger partial charge in [-0.15, -0.1) is 12.4 Å². The van der Waals surface area contributed by atoms with Gasteiger partial charge in [0.1, 0.15) is 6.04 Å². The second kappa shape index (κ2) is 20.0. The molecule has 0 bridgehead atoms. The summed E-state index contributed by atoms with van der Waals surface area (Å²) in [6.45, 7) is 4.27. The van der Waals surface area contributed by atoms with Gasteiger partial charge >= 0.3 is 11.8 Å². The average Bonchev–Trinajstić information content (AvgIpc) is 3.75. The molecule has 4 amide bonds. The first kappa shape index (κ1) is 46.7. The third-order valence-corrected chi connectivity index (χ3v) is 11.3. The Kier molecular flexibility index (Phi) is 15.3. The molecule has 4 aromatic rings. The fourth-order valence-electron chi connectivity index (χ4n) is 7.61. The largest absolute Gasteiger partial charge is 0.394 e. The summed E-state index contributed by atoms with van der Waals surface area (Å²) >= 11 is 0. The van der Waals surface area contributed by atoms with Crippen LogP contribution in [0.2, 0.25) is 0 Å². The van der Waals surface area contributed by atoms with Crippen molar-refractivity contribution in [3.63, 3.8) is 0 Å². The van der Waals surface area contributed by atoms with Crippen LogP contribution in [-0.2, 0) is 26.7 Å². The molecule has 2 aliphatic rings. The third-order valence-electron chi connectivity index (χ3n) is 11.3. The molecule has 1 aromatic heterocycles. The molecule has 18 heteroatoms. The number of rotatable bonds is 14. The Balaban J connectivity index is 0.00000704. The molecule has 2 heterocycles. The molecule has 328 valence electrons. The Hall–Kier alpha value is -5.39. The maximum atomic E-state index is 14.7. The molecule has 1 atom stereocenters. The summed E-state index contributed by atoms with van der Waals surface area (Å²) in [6.07, 6.45) is 4.91. The van der Waals surface area contributed by atoms with Crippen LogP contribution in [0.25, 0.3) is 22.5 Å². The lowest BCUT2D eigenvalue weighted by atomic mass is 9.81. The molecule has 0 radical (unpaired) electrons. The first-order valence-electron chi connectivity index (χ1n) is 20.1. The van der Waals surface area contributed by atoms with Crippen LogP contribution in [0.3, 0.4) is 0 Å². The lowest BCUT2D eigenvalue weighted by Gasteiger charge is -2.28. The van der Waals surface area contributed by atoms with Crippen molar-refractivity contribution in [3.05, 3.63) is 89.2 Å². The number of carbonyl (C=O) groups excluding carboxylic acids is 4. The first-order chi connectivity index (χ1) is 28.6. The van der Waals surface area contributed by atoms with Crippen LogP contribution in [0, 0.1) is 18.8 Å². The molecule has 0 spiro atoms. The standard InChI is InChI=1S/C43H51F4N9O4.ClH/c1-25-22-31(38(58)50-33-18-20-49-21-19-33)14-17-34(25)28-8-4-26(5-9-28)23-35(52-37(57)30-10-6-27(24-48)7-11-30)39(59)51-32-15-12-29(13-16-32)36-53-40(55-54-36)42(44,45)43(46,47)41(60)56(2)3;/h4-5,8-9,12-17,22,27,30,33,35,49H,6-7,10-11,18-21,23-24,48H2,1-3H3,(H,50,58)(H,51,59)(H,52,57)(H,53,54,55);1H/t27?,30?,35-;/m0./s1. The van der Waals surface area contributed by atoms with Gasteiger partial charge in [-0.1, -0.05) is 30.3 Å². The van der Waals surface area contributed by atoms with Gasteiger partial charge in [0.05, 0.1) is 0 Å². The number of hydrogen-bond acceptors (Lipinski definition) is 8. The second-order valence-corrected chi connectivity index (χ2v) is 15.9. The highest BCUT2D eigenvalue weighted by Crippen LogP contribution is 2.42. The molecule has 6 rings (SSSR count). The molecule has 1 aliphatic heterocycles. The quantitative estimate of drug-likeness (QED) is 0.0885. The monoisotopic (exact) mass is 869 g/mol. The van der Waals surface area contributed by atoms with E-state index < -0.39 is 35.5 Å². The number of nitrogens with zero attached hydrogens (tertiary/aromatic N) is 3. The van der Waals surface area contributed by atoms with Gasteiger partial charge in [-0.05, 0) is 130 Å². The van der Waals surface area contributed by atoms with Crippen molar-refractivity contribution >= 4 is 41.7 Å². The lowest BCUT2D eigenvalue weighted by Crippen LogP contribution is -2.50. The van der Waals surface area contributed by atoms with Crippen molar-refractivity contribution < 1.29 is 36.7 Å². The molecule has 1 saturated carbocycles. The number of anilines is 1. The highest BCUT2D eigenvalue weighted by molar-refractivity contribution is 5.98. The van der Waals surface area contributed by atoms with E-state index >= 15 is 0 Å². The highest BCUT2D eigenvalue weighted by atomic mass is 35.5. The first-order valence-corrected chi connectivity index (χ1v) is 20.1. The van der Waals surface area contributed by atoms with E-state index in [9.17, 15) is 36.7 Å². The summed E-state index contributed by atoms with van der Waals surface area (Å²) in [4.78, 5) is 56.0. The average molecular weight is 870 g/mol. The zero-order valence-electron chi connectivity index (χ0n) is 34.2. The number of aromatic nitrogens is 3. The summed E-state index contributed by atoms with van der Waals surface area (Å²) in [5.41, 5.74) is 10.5. The Morgan fingerprint density at radius 3 is 2.13 bits per heavy atom. The molecule has 2 fully saturated rings. The van der Waals surface area contributed by atoms with Gasteiger partial charge in [0.25, 0.3) is 11.8 Å². The number of alkyl halides is 4. The number of hydrogen-bond donors (Lipinski definition) is 6. The smallest absolute Gasteiger partial charge is 0.349 e. The number of benzene rings is 3. The maximum absolute atomic E-state index is 14.7. The van der Waals surface area contributed by atoms with Gasteiger partial charge in [0, 0.05) is 49.3 Å². The number of nitrogens with two attached hydrogens (primary N) is 1. The number of piperidine rings is 1. The zero-order valence-corrected chi connectivity index (χ0v) is 35.0. The van der Waals surface area contributed by atoms with E-state index in [-0.39, 0.29) is 54.0 Å².